The Kier molecular flexibility index (Phi) is 6.63. The third-order valence-corrected chi connectivity index (χ3v) is 5.38. The van der Waals surface area contributed by atoms with E-state index in [1.165, 1.54) is 5.56 Å². The molecule has 3 rings (SSSR count). The zero-order valence-corrected chi connectivity index (χ0v) is 20.2. The van der Waals surface area contributed by atoms with Crippen LogP contribution < -0.4 is 15.4 Å². The Morgan fingerprint density at radius 2 is 1.41 bits per heavy atom. The van der Waals surface area contributed by atoms with E-state index in [1.807, 2.05) is 67.6 Å². The maximum absolute atomic E-state index is 12.7. The van der Waals surface area contributed by atoms with Crippen molar-refractivity contribution in [3.63, 3.8) is 0 Å². The van der Waals surface area contributed by atoms with Crippen molar-refractivity contribution < 1.29 is 9.53 Å². The molecule has 0 saturated heterocycles. The third-order valence-electron chi connectivity index (χ3n) is 5.38. The molecule has 3 aromatic rings. The molecule has 0 atom stereocenters. The topological polar surface area (TPSA) is 50.4 Å². The number of benzene rings is 3. The molecule has 0 fully saturated rings. The van der Waals surface area contributed by atoms with Gasteiger partial charge in [-0.1, -0.05) is 84.0 Å². The van der Waals surface area contributed by atoms with Crippen molar-refractivity contribution in [2.45, 2.75) is 59.3 Å². The highest BCUT2D eigenvalue weighted by atomic mass is 16.5. The second-order valence-corrected chi connectivity index (χ2v) is 10.2. The number of nitrogens with one attached hydrogen (secondary N) is 2. The quantitative estimate of drug-likeness (QED) is 0.440. The van der Waals surface area contributed by atoms with E-state index in [2.05, 4.69) is 58.2 Å². The summed E-state index contributed by atoms with van der Waals surface area (Å²) in [6.07, 6.45) is 0. The molecule has 0 radical (unpaired) electrons. The number of anilines is 2. The number of ether oxygens (including phenoxy) is 1. The number of aryl methyl sites for hydroxylation is 1. The Bertz CT molecular complexity index is 1090. The molecule has 2 N–H and O–H groups in total. The molecule has 168 valence electrons. The molecule has 0 aliphatic rings. The summed E-state index contributed by atoms with van der Waals surface area (Å²) in [5.41, 5.74) is 4.64. The van der Waals surface area contributed by atoms with Crippen LogP contribution in [0, 0.1) is 6.92 Å². The Balaban J connectivity index is 1.81. The lowest BCUT2D eigenvalue weighted by molar-refractivity contribution is 0.262. The molecule has 2 amide bonds. The molecule has 3 aromatic carbocycles. The fourth-order valence-corrected chi connectivity index (χ4v) is 3.51. The van der Waals surface area contributed by atoms with Gasteiger partial charge in [-0.2, -0.15) is 0 Å². The van der Waals surface area contributed by atoms with Crippen LogP contribution in [0.25, 0.3) is 0 Å². The van der Waals surface area contributed by atoms with E-state index in [0.29, 0.717) is 11.4 Å². The largest absolute Gasteiger partial charge is 0.455 e. The van der Waals surface area contributed by atoms with Gasteiger partial charge in [0, 0.05) is 11.3 Å². The molecular weight excluding hydrogens is 396 g/mol. The van der Waals surface area contributed by atoms with E-state index in [-0.39, 0.29) is 16.9 Å². The highest BCUT2D eigenvalue weighted by Gasteiger charge is 2.20. The van der Waals surface area contributed by atoms with Gasteiger partial charge >= 0.3 is 6.03 Å². The first-order valence-corrected chi connectivity index (χ1v) is 11.0. The van der Waals surface area contributed by atoms with Crippen LogP contribution in [0.2, 0.25) is 0 Å². The summed E-state index contributed by atoms with van der Waals surface area (Å²) in [6, 6.07) is 21.4. The predicted molar refractivity (Wildman–Crippen MR) is 134 cm³/mol. The standard InChI is InChI=1S/C28H34N2O2/c1-19-11-10-13-23(25(19)32-24-14-9-8-12-22(24)28(5,6)7)30-26(31)29-21-17-15-20(16-18-21)27(2,3)4/h8-18H,1-7H3,(H2,29,30,31). The van der Waals surface area contributed by atoms with Crippen molar-refractivity contribution in [1.29, 1.82) is 0 Å². The Labute approximate surface area is 192 Å². The first kappa shape index (κ1) is 23.4. The summed E-state index contributed by atoms with van der Waals surface area (Å²) in [6.45, 7) is 14.9. The molecular formula is C28H34N2O2. The van der Waals surface area contributed by atoms with Crippen LogP contribution in [0.4, 0.5) is 16.2 Å². The average molecular weight is 431 g/mol. The van der Waals surface area contributed by atoms with Crippen molar-refractivity contribution in [2.75, 3.05) is 10.6 Å². The van der Waals surface area contributed by atoms with Crippen molar-refractivity contribution in [2.24, 2.45) is 0 Å². The summed E-state index contributed by atoms with van der Waals surface area (Å²) in [4.78, 5) is 12.7. The Morgan fingerprint density at radius 1 is 0.750 bits per heavy atom. The predicted octanol–water partition coefficient (Wildman–Crippen LogP) is 8.03. The lowest BCUT2D eigenvalue weighted by Gasteiger charge is -2.24. The highest BCUT2D eigenvalue weighted by Crippen LogP contribution is 2.38. The van der Waals surface area contributed by atoms with E-state index < -0.39 is 0 Å². The molecule has 0 aliphatic carbocycles. The minimum absolute atomic E-state index is 0.0660. The van der Waals surface area contributed by atoms with Gasteiger partial charge in [0.2, 0.25) is 0 Å². The summed E-state index contributed by atoms with van der Waals surface area (Å²) in [5, 5.41) is 5.86. The molecule has 0 heterocycles. The van der Waals surface area contributed by atoms with Crippen molar-refractivity contribution in [3.8, 4) is 11.5 Å². The van der Waals surface area contributed by atoms with Crippen molar-refractivity contribution >= 4 is 17.4 Å². The summed E-state index contributed by atoms with van der Waals surface area (Å²) < 4.78 is 6.36. The fraction of sp³-hybridized carbons (Fsp3) is 0.321. The van der Waals surface area contributed by atoms with Crippen LogP contribution in [0.3, 0.4) is 0 Å². The first-order valence-electron chi connectivity index (χ1n) is 11.0. The molecule has 4 heteroatoms. The zero-order chi connectivity index (χ0) is 23.5. The summed E-state index contributed by atoms with van der Waals surface area (Å²) >= 11 is 0. The minimum atomic E-state index is -0.312. The minimum Gasteiger partial charge on any atom is -0.455 e. The monoisotopic (exact) mass is 430 g/mol. The number of rotatable bonds is 4. The number of para-hydroxylation sites is 2. The van der Waals surface area contributed by atoms with Crippen LogP contribution in [-0.4, -0.2) is 6.03 Å². The smallest absolute Gasteiger partial charge is 0.323 e. The van der Waals surface area contributed by atoms with Crippen LogP contribution in [0.1, 0.15) is 58.2 Å². The second kappa shape index (κ2) is 9.07. The maximum Gasteiger partial charge on any atom is 0.323 e. The zero-order valence-electron chi connectivity index (χ0n) is 20.2. The lowest BCUT2D eigenvalue weighted by atomic mass is 9.86. The van der Waals surface area contributed by atoms with Crippen LogP contribution >= 0.6 is 0 Å². The summed E-state index contributed by atoms with van der Waals surface area (Å²) in [7, 11) is 0. The Hall–Kier alpha value is -3.27. The number of urea groups is 1. The molecule has 0 aromatic heterocycles. The second-order valence-electron chi connectivity index (χ2n) is 10.2. The van der Waals surface area contributed by atoms with Gasteiger partial charge in [-0.05, 0) is 53.1 Å². The number of carbonyl (C=O) groups excluding carboxylic acids is 1. The van der Waals surface area contributed by atoms with Gasteiger partial charge in [0.05, 0.1) is 5.69 Å². The number of carbonyl (C=O) groups is 1. The molecule has 0 saturated carbocycles. The number of hydrogen-bond acceptors (Lipinski definition) is 2. The molecule has 0 bridgehead atoms. The van der Waals surface area contributed by atoms with Gasteiger partial charge in [0.1, 0.15) is 5.75 Å². The van der Waals surface area contributed by atoms with Crippen LogP contribution in [-0.2, 0) is 10.8 Å². The highest BCUT2D eigenvalue weighted by molar-refractivity contribution is 6.00. The normalized spacial score (nSPS) is 11.7. The average Bonchev–Trinajstić information content (AvgIpc) is 2.70. The Morgan fingerprint density at radius 3 is 2.03 bits per heavy atom. The van der Waals surface area contributed by atoms with Crippen molar-refractivity contribution in [1.82, 2.24) is 0 Å². The number of amides is 2. The van der Waals surface area contributed by atoms with Gasteiger partial charge < -0.3 is 15.4 Å². The number of hydrogen-bond donors (Lipinski definition) is 2. The van der Waals surface area contributed by atoms with Gasteiger partial charge in [-0.15, -0.1) is 0 Å². The van der Waals surface area contributed by atoms with Gasteiger partial charge in [0.15, 0.2) is 5.75 Å². The van der Waals surface area contributed by atoms with Crippen molar-refractivity contribution in [3.05, 3.63) is 83.4 Å². The van der Waals surface area contributed by atoms with E-state index in [4.69, 9.17) is 4.74 Å². The third kappa shape index (κ3) is 5.70. The summed E-state index contributed by atoms with van der Waals surface area (Å²) in [5.74, 6) is 1.43. The van der Waals surface area contributed by atoms with E-state index in [1.54, 1.807) is 0 Å². The first-order chi connectivity index (χ1) is 14.9. The van der Waals surface area contributed by atoms with Gasteiger partial charge in [-0.25, -0.2) is 4.79 Å². The van der Waals surface area contributed by atoms with Gasteiger partial charge in [0.25, 0.3) is 0 Å². The SMILES string of the molecule is Cc1cccc(NC(=O)Nc2ccc(C(C)(C)C)cc2)c1Oc1ccccc1C(C)(C)C. The molecule has 0 spiro atoms. The maximum atomic E-state index is 12.7. The van der Waals surface area contributed by atoms with Crippen LogP contribution in [0.15, 0.2) is 66.7 Å². The molecule has 0 unspecified atom stereocenters. The molecule has 0 aliphatic heterocycles. The molecule has 32 heavy (non-hydrogen) atoms. The fourth-order valence-electron chi connectivity index (χ4n) is 3.51. The lowest BCUT2D eigenvalue weighted by Crippen LogP contribution is -2.20. The van der Waals surface area contributed by atoms with Crippen LogP contribution in [0.5, 0.6) is 11.5 Å². The van der Waals surface area contributed by atoms with E-state index >= 15 is 0 Å². The molecule has 4 nitrogen and oxygen atoms in total. The van der Waals surface area contributed by atoms with Gasteiger partial charge in [-0.3, -0.25) is 0 Å². The van der Waals surface area contributed by atoms with E-state index in [0.717, 1.165) is 22.6 Å². The van der Waals surface area contributed by atoms with E-state index in [9.17, 15) is 4.79 Å².